The van der Waals surface area contributed by atoms with Crippen LogP contribution in [-0.2, 0) is 19.7 Å². The molecule has 0 aliphatic carbocycles. The van der Waals surface area contributed by atoms with Crippen LogP contribution in [0.2, 0.25) is 0 Å². The van der Waals surface area contributed by atoms with Crippen molar-refractivity contribution in [3.8, 4) is 0 Å². The van der Waals surface area contributed by atoms with E-state index in [1.807, 2.05) is 11.8 Å². The van der Waals surface area contributed by atoms with Crippen molar-refractivity contribution in [2.75, 3.05) is 52.5 Å². The first-order chi connectivity index (χ1) is 9.96. The average Bonchev–Trinajstić information content (AvgIpc) is 2.49. The fourth-order valence-electron chi connectivity index (χ4n) is 2.78. The van der Waals surface area contributed by atoms with Gasteiger partial charge in [-0.15, -0.1) is 12.4 Å². The fourth-order valence-corrected chi connectivity index (χ4v) is 4.34. The Balaban J connectivity index is 0.00000242. The van der Waals surface area contributed by atoms with Gasteiger partial charge < -0.3 is 9.84 Å². The first-order valence-electron chi connectivity index (χ1n) is 7.26. The van der Waals surface area contributed by atoms with E-state index in [2.05, 4.69) is 0 Å². The number of carboxylic acids is 1. The zero-order valence-corrected chi connectivity index (χ0v) is 14.3. The van der Waals surface area contributed by atoms with Gasteiger partial charge in [0.25, 0.3) is 10.2 Å². The minimum atomic E-state index is -3.45. The molecule has 0 aromatic heterocycles. The van der Waals surface area contributed by atoms with Gasteiger partial charge in [0.2, 0.25) is 0 Å². The summed E-state index contributed by atoms with van der Waals surface area (Å²) in [6.07, 6.45) is 0.519. The molecule has 10 heteroatoms. The van der Waals surface area contributed by atoms with Gasteiger partial charge in [0.1, 0.15) is 6.04 Å². The van der Waals surface area contributed by atoms with Crippen molar-refractivity contribution in [3.63, 3.8) is 0 Å². The summed E-state index contributed by atoms with van der Waals surface area (Å²) in [7, 11) is -3.45. The Kier molecular flexibility index (Phi) is 7.50. The third kappa shape index (κ3) is 4.30. The predicted octanol–water partition coefficient (Wildman–Crippen LogP) is -0.534. The third-order valence-corrected chi connectivity index (χ3v) is 6.04. The minimum absolute atomic E-state index is 0. The zero-order valence-electron chi connectivity index (χ0n) is 12.7. The lowest BCUT2D eigenvalue weighted by molar-refractivity contribution is -0.143. The van der Waals surface area contributed by atoms with E-state index in [9.17, 15) is 13.2 Å². The second-order valence-corrected chi connectivity index (χ2v) is 7.14. The molecule has 2 saturated heterocycles. The van der Waals surface area contributed by atoms with Crippen LogP contribution in [-0.4, -0.2) is 91.5 Å². The number of carbonyl (C=O) groups is 1. The highest BCUT2D eigenvalue weighted by Gasteiger charge is 2.35. The van der Waals surface area contributed by atoms with E-state index in [0.29, 0.717) is 58.9 Å². The first-order valence-corrected chi connectivity index (χ1v) is 8.66. The van der Waals surface area contributed by atoms with Gasteiger partial charge in [-0.2, -0.15) is 17.0 Å². The van der Waals surface area contributed by atoms with Crippen molar-refractivity contribution in [3.05, 3.63) is 0 Å². The standard InChI is InChI=1S/C12H23N3O5S.ClH/c1-2-11(12(16)17)13-3-5-14(6-4-13)21(18,19)15-7-9-20-10-8-15;/h11H,2-10H2,1H3,(H,16,17);1H. The molecule has 2 heterocycles. The number of hydrogen-bond donors (Lipinski definition) is 1. The maximum atomic E-state index is 12.5. The Labute approximate surface area is 137 Å². The number of carboxylic acid groups (broad SMARTS) is 1. The predicted molar refractivity (Wildman–Crippen MR) is 83.4 cm³/mol. The Morgan fingerprint density at radius 1 is 1.09 bits per heavy atom. The van der Waals surface area contributed by atoms with Crippen molar-refractivity contribution in [1.82, 2.24) is 13.5 Å². The van der Waals surface area contributed by atoms with E-state index in [-0.39, 0.29) is 12.4 Å². The smallest absolute Gasteiger partial charge is 0.320 e. The molecular formula is C12H24ClN3O5S. The molecule has 0 aromatic rings. The normalized spacial score (nSPS) is 23.7. The van der Waals surface area contributed by atoms with Gasteiger partial charge in [-0.3, -0.25) is 9.69 Å². The van der Waals surface area contributed by atoms with Crippen molar-refractivity contribution in [1.29, 1.82) is 0 Å². The number of nitrogens with zero attached hydrogens (tertiary/aromatic N) is 3. The molecule has 0 radical (unpaired) electrons. The van der Waals surface area contributed by atoms with E-state index < -0.39 is 22.2 Å². The lowest BCUT2D eigenvalue weighted by Gasteiger charge is -2.39. The van der Waals surface area contributed by atoms with Gasteiger partial charge in [0.15, 0.2) is 0 Å². The van der Waals surface area contributed by atoms with Crippen LogP contribution in [0.5, 0.6) is 0 Å². The minimum Gasteiger partial charge on any atom is -0.480 e. The second kappa shape index (κ2) is 8.42. The Hall–Kier alpha value is -0.450. The van der Waals surface area contributed by atoms with E-state index in [1.165, 1.54) is 8.61 Å². The largest absolute Gasteiger partial charge is 0.480 e. The van der Waals surface area contributed by atoms with Gasteiger partial charge in [0.05, 0.1) is 13.2 Å². The Bertz CT molecular complexity index is 461. The maximum Gasteiger partial charge on any atom is 0.320 e. The lowest BCUT2D eigenvalue weighted by Crippen LogP contribution is -2.57. The van der Waals surface area contributed by atoms with Crippen molar-refractivity contribution in [2.45, 2.75) is 19.4 Å². The molecule has 0 amide bonds. The summed E-state index contributed by atoms with van der Waals surface area (Å²) < 4.78 is 33.0. The van der Waals surface area contributed by atoms with Crippen LogP contribution in [0.1, 0.15) is 13.3 Å². The SMILES string of the molecule is CCC(C(=O)O)N1CCN(S(=O)(=O)N2CCOCC2)CC1.Cl. The number of piperazine rings is 1. The Morgan fingerprint density at radius 3 is 2.05 bits per heavy atom. The van der Waals surface area contributed by atoms with Crippen molar-refractivity contribution in [2.24, 2.45) is 0 Å². The van der Waals surface area contributed by atoms with Crippen LogP contribution in [0.4, 0.5) is 0 Å². The number of aliphatic carboxylic acids is 1. The molecule has 1 N–H and O–H groups in total. The molecule has 2 rings (SSSR count). The van der Waals surface area contributed by atoms with Gasteiger partial charge in [-0.05, 0) is 6.42 Å². The molecule has 2 fully saturated rings. The average molecular weight is 358 g/mol. The van der Waals surface area contributed by atoms with Crippen LogP contribution in [0.15, 0.2) is 0 Å². The van der Waals surface area contributed by atoms with E-state index in [4.69, 9.17) is 9.84 Å². The summed E-state index contributed by atoms with van der Waals surface area (Å²) >= 11 is 0. The number of morpholine rings is 1. The molecule has 2 aliphatic rings. The number of ether oxygens (including phenoxy) is 1. The highest BCUT2D eigenvalue weighted by Crippen LogP contribution is 2.16. The van der Waals surface area contributed by atoms with Crippen LogP contribution < -0.4 is 0 Å². The summed E-state index contributed by atoms with van der Waals surface area (Å²) in [6.45, 7) is 5.03. The van der Waals surface area contributed by atoms with Crippen LogP contribution in [0, 0.1) is 0 Å². The summed E-state index contributed by atoms with van der Waals surface area (Å²) in [5.74, 6) is -0.845. The fraction of sp³-hybridized carbons (Fsp3) is 0.917. The highest BCUT2D eigenvalue weighted by molar-refractivity contribution is 7.86. The summed E-state index contributed by atoms with van der Waals surface area (Å²) in [5.41, 5.74) is 0. The molecule has 1 unspecified atom stereocenters. The van der Waals surface area contributed by atoms with Crippen molar-refractivity contribution < 1.29 is 23.1 Å². The summed E-state index contributed by atoms with van der Waals surface area (Å²) in [6, 6.07) is -0.529. The maximum absolute atomic E-state index is 12.5. The molecule has 1 atom stereocenters. The molecule has 0 saturated carbocycles. The van der Waals surface area contributed by atoms with Gasteiger partial charge in [-0.25, -0.2) is 0 Å². The third-order valence-electron chi connectivity index (χ3n) is 4.01. The topological polar surface area (TPSA) is 90.4 Å². The second-order valence-electron chi connectivity index (χ2n) is 5.22. The number of halogens is 1. The Morgan fingerprint density at radius 2 is 1.59 bits per heavy atom. The van der Waals surface area contributed by atoms with Gasteiger partial charge in [-0.1, -0.05) is 6.92 Å². The van der Waals surface area contributed by atoms with Gasteiger partial charge in [0, 0.05) is 39.3 Å². The molecule has 0 aromatic carbocycles. The van der Waals surface area contributed by atoms with E-state index >= 15 is 0 Å². The van der Waals surface area contributed by atoms with Gasteiger partial charge >= 0.3 is 5.97 Å². The molecular weight excluding hydrogens is 334 g/mol. The molecule has 22 heavy (non-hydrogen) atoms. The highest BCUT2D eigenvalue weighted by atomic mass is 35.5. The molecule has 0 bridgehead atoms. The monoisotopic (exact) mass is 357 g/mol. The van der Waals surface area contributed by atoms with Crippen LogP contribution in [0.3, 0.4) is 0 Å². The number of rotatable bonds is 5. The lowest BCUT2D eigenvalue weighted by atomic mass is 10.1. The molecule has 2 aliphatic heterocycles. The molecule has 130 valence electrons. The summed E-state index contributed by atoms with van der Waals surface area (Å²) in [5, 5.41) is 9.16. The van der Waals surface area contributed by atoms with Crippen LogP contribution >= 0.6 is 12.4 Å². The molecule has 8 nitrogen and oxygen atoms in total. The zero-order chi connectivity index (χ0) is 15.5. The molecule has 0 spiro atoms. The van der Waals surface area contributed by atoms with Crippen molar-refractivity contribution >= 4 is 28.6 Å². The van der Waals surface area contributed by atoms with E-state index in [0.717, 1.165) is 0 Å². The number of hydrogen-bond acceptors (Lipinski definition) is 5. The van der Waals surface area contributed by atoms with E-state index in [1.54, 1.807) is 0 Å². The summed E-state index contributed by atoms with van der Waals surface area (Å²) in [4.78, 5) is 13.0. The van der Waals surface area contributed by atoms with Crippen LogP contribution in [0.25, 0.3) is 0 Å². The first kappa shape index (κ1) is 19.6. The quantitative estimate of drug-likeness (QED) is 0.711.